The number of rotatable bonds is 5. The van der Waals surface area contributed by atoms with Gasteiger partial charge in [-0.3, -0.25) is 14.5 Å². The lowest BCUT2D eigenvalue weighted by molar-refractivity contribution is -0.137. The second-order valence-corrected chi connectivity index (χ2v) is 5.12. The van der Waals surface area contributed by atoms with Crippen LogP contribution in [-0.2, 0) is 9.59 Å². The molecule has 0 aromatic rings. The lowest BCUT2D eigenvalue weighted by Gasteiger charge is -2.12. The van der Waals surface area contributed by atoms with Crippen molar-refractivity contribution in [3.8, 4) is 0 Å². The maximum Gasteiger partial charge on any atom is 0.242 e. The Bertz CT molecular complexity index is 256. The monoisotopic (exact) mass is 230 g/mol. The summed E-state index contributed by atoms with van der Waals surface area (Å²) in [7, 11) is 0. The van der Waals surface area contributed by atoms with E-state index in [4.69, 9.17) is 5.73 Å². The molecule has 1 aliphatic rings. The summed E-state index contributed by atoms with van der Waals surface area (Å²) < 4.78 is 0. The molecule has 4 nitrogen and oxygen atoms in total. The van der Waals surface area contributed by atoms with Gasteiger partial charge in [0, 0.05) is 19.0 Å². The van der Waals surface area contributed by atoms with Crippen LogP contribution in [0.25, 0.3) is 0 Å². The molecular weight excluding hydrogens is 212 g/mol. The fraction of sp³-hybridized carbons (Fsp3) is 0.800. The molecule has 15 heavy (non-hydrogen) atoms. The van der Waals surface area contributed by atoms with Gasteiger partial charge in [-0.25, -0.2) is 0 Å². The van der Waals surface area contributed by atoms with Crippen LogP contribution < -0.4 is 5.73 Å². The Morgan fingerprint density at radius 1 is 1.60 bits per heavy atom. The van der Waals surface area contributed by atoms with Crippen molar-refractivity contribution in [2.24, 2.45) is 5.73 Å². The van der Waals surface area contributed by atoms with E-state index in [1.807, 2.05) is 13.8 Å². The molecule has 0 aromatic heterocycles. The highest BCUT2D eigenvalue weighted by molar-refractivity contribution is 8.00. The zero-order valence-electron chi connectivity index (χ0n) is 9.23. The minimum Gasteiger partial charge on any atom is -0.328 e. The lowest BCUT2D eigenvalue weighted by atomic mass is 10.3. The molecule has 1 heterocycles. The van der Waals surface area contributed by atoms with Crippen molar-refractivity contribution in [3.63, 3.8) is 0 Å². The standard InChI is InChI=1S/C10H18N2O2S/c1-3-12-9(13)6-8(10(12)14)15-5-4-7(2)11/h7-8H,3-6,11H2,1-2H3. The number of imide groups is 1. The smallest absolute Gasteiger partial charge is 0.242 e. The normalized spacial score (nSPS) is 23.7. The van der Waals surface area contributed by atoms with Crippen LogP contribution >= 0.6 is 11.8 Å². The minimum absolute atomic E-state index is 0.0304. The highest BCUT2D eigenvalue weighted by Gasteiger charge is 2.37. The highest BCUT2D eigenvalue weighted by atomic mass is 32.2. The van der Waals surface area contributed by atoms with Crippen molar-refractivity contribution in [1.82, 2.24) is 4.90 Å². The van der Waals surface area contributed by atoms with Crippen LogP contribution in [0.4, 0.5) is 0 Å². The van der Waals surface area contributed by atoms with Gasteiger partial charge in [-0.05, 0) is 26.0 Å². The van der Waals surface area contributed by atoms with Gasteiger partial charge in [0.2, 0.25) is 11.8 Å². The van der Waals surface area contributed by atoms with E-state index < -0.39 is 0 Å². The summed E-state index contributed by atoms with van der Waals surface area (Å²) >= 11 is 1.55. The molecule has 0 bridgehead atoms. The average Bonchev–Trinajstić information content (AvgIpc) is 2.41. The Kier molecular flexibility index (Phi) is 4.60. The van der Waals surface area contributed by atoms with E-state index in [1.165, 1.54) is 4.90 Å². The molecule has 86 valence electrons. The quantitative estimate of drug-likeness (QED) is 0.703. The van der Waals surface area contributed by atoms with Gasteiger partial charge in [-0.2, -0.15) is 0 Å². The first-order valence-corrected chi connectivity index (χ1v) is 6.32. The number of likely N-dealkylation sites (tertiary alicyclic amines) is 1. The van der Waals surface area contributed by atoms with Gasteiger partial charge in [0.05, 0.1) is 5.25 Å². The summed E-state index contributed by atoms with van der Waals surface area (Å²) in [6, 6.07) is 0.159. The first-order chi connectivity index (χ1) is 7.06. The topological polar surface area (TPSA) is 63.4 Å². The second kappa shape index (κ2) is 5.51. The SMILES string of the molecule is CCN1C(=O)CC(SCCC(C)N)C1=O. The third kappa shape index (κ3) is 3.21. The maximum absolute atomic E-state index is 11.7. The summed E-state index contributed by atoms with van der Waals surface area (Å²) in [5.41, 5.74) is 5.62. The minimum atomic E-state index is -0.170. The van der Waals surface area contributed by atoms with Gasteiger partial charge >= 0.3 is 0 Å². The third-order valence-corrected chi connectivity index (χ3v) is 3.65. The van der Waals surface area contributed by atoms with Crippen molar-refractivity contribution < 1.29 is 9.59 Å². The Morgan fingerprint density at radius 3 is 2.73 bits per heavy atom. The van der Waals surface area contributed by atoms with Gasteiger partial charge in [0.25, 0.3) is 0 Å². The number of thioether (sulfide) groups is 1. The molecule has 2 atom stereocenters. The molecule has 0 aromatic carbocycles. The van der Waals surface area contributed by atoms with Crippen molar-refractivity contribution in [1.29, 1.82) is 0 Å². The van der Waals surface area contributed by atoms with E-state index >= 15 is 0 Å². The predicted molar refractivity (Wildman–Crippen MR) is 61.5 cm³/mol. The molecule has 2 unspecified atom stereocenters. The lowest BCUT2D eigenvalue weighted by Crippen LogP contribution is -2.31. The van der Waals surface area contributed by atoms with E-state index in [9.17, 15) is 9.59 Å². The van der Waals surface area contributed by atoms with Gasteiger partial charge < -0.3 is 5.73 Å². The fourth-order valence-electron chi connectivity index (χ4n) is 1.51. The van der Waals surface area contributed by atoms with E-state index in [0.29, 0.717) is 13.0 Å². The molecule has 2 N–H and O–H groups in total. The van der Waals surface area contributed by atoms with Gasteiger partial charge in [-0.1, -0.05) is 0 Å². The largest absolute Gasteiger partial charge is 0.328 e. The van der Waals surface area contributed by atoms with E-state index in [0.717, 1.165) is 12.2 Å². The summed E-state index contributed by atoms with van der Waals surface area (Å²) in [6.07, 6.45) is 1.24. The molecule has 0 spiro atoms. The van der Waals surface area contributed by atoms with E-state index in [-0.39, 0.29) is 23.1 Å². The molecule has 1 saturated heterocycles. The van der Waals surface area contributed by atoms with Gasteiger partial charge in [0.15, 0.2) is 0 Å². The summed E-state index contributed by atoms with van der Waals surface area (Å²) in [4.78, 5) is 24.4. The summed E-state index contributed by atoms with van der Waals surface area (Å²) in [5, 5.41) is -0.170. The predicted octanol–water partition coefficient (Wildman–Crippen LogP) is 0.604. The molecule has 0 saturated carbocycles. The Labute approximate surface area is 94.6 Å². The molecule has 1 rings (SSSR count). The molecule has 2 amide bonds. The summed E-state index contributed by atoms with van der Waals surface area (Å²) in [5.74, 6) is 0.775. The van der Waals surface area contributed by atoms with Crippen LogP contribution in [0.3, 0.4) is 0 Å². The van der Waals surface area contributed by atoms with Gasteiger partial charge in [0.1, 0.15) is 0 Å². The summed E-state index contributed by atoms with van der Waals surface area (Å²) in [6.45, 7) is 4.26. The van der Waals surface area contributed by atoms with Gasteiger partial charge in [-0.15, -0.1) is 11.8 Å². The Hall–Kier alpha value is -0.550. The molecule has 1 aliphatic heterocycles. The maximum atomic E-state index is 11.7. The van der Waals surface area contributed by atoms with Crippen LogP contribution in [-0.4, -0.2) is 40.3 Å². The first kappa shape index (κ1) is 12.5. The second-order valence-electron chi connectivity index (χ2n) is 3.81. The van der Waals surface area contributed by atoms with Crippen LogP contribution in [0, 0.1) is 0 Å². The zero-order chi connectivity index (χ0) is 11.4. The Morgan fingerprint density at radius 2 is 2.27 bits per heavy atom. The van der Waals surface area contributed by atoms with Crippen molar-refractivity contribution in [2.75, 3.05) is 12.3 Å². The number of nitrogens with zero attached hydrogens (tertiary/aromatic N) is 1. The fourth-order valence-corrected chi connectivity index (χ4v) is 2.83. The van der Waals surface area contributed by atoms with Crippen LogP contribution in [0.15, 0.2) is 0 Å². The molecule has 0 radical (unpaired) electrons. The first-order valence-electron chi connectivity index (χ1n) is 5.27. The van der Waals surface area contributed by atoms with Crippen LogP contribution in [0.5, 0.6) is 0 Å². The number of carbonyl (C=O) groups is 2. The third-order valence-electron chi connectivity index (χ3n) is 2.41. The van der Waals surface area contributed by atoms with Crippen molar-refractivity contribution >= 4 is 23.6 Å². The number of amides is 2. The zero-order valence-corrected chi connectivity index (χ0v) is 10.0. The van der Waals surface area contributed by atoms with Crippen molar-refractivity contribution in [2.45, 2.75) is 38.0 Å². The molecular formula is C10H18N2O2S. The van der Waals surface area contributed by atoms with Crippen molar-refractivity contribution in [3.05, 3.63) is 0 Å². The highest BCUT2D eigenvalue weighted by Crippen LogP contribution is 2.25. The molecule has 0 aliphatic carbocycles. The van der Waals surface area contributed by atoms with Crippen LogP contribution in [0.1, 0.15) is 26.7 Å². The number of carbonyl (C=O) groups excluding carboxylic acids is 2. The molecule has 5 heteroatoms. The van der Waals surface area contributed by atoms with Crippen LogP contribution in [0.2, 0.25) is 0 Å². The van der Waals surface area contributed by atoms with E-state index in [1.54, 1.807) is 11.8 Å². The van der Waals surface area contributed by atoms with E-state index in [2.05, 4.69) is 0 Å². The number of hydrogen-bond acceptors (Lipinski definition) is 4. The number of hydrogen-bond donors (Lipinski definition) is 1. The number of nitrogens with two attached hydrogens (primary N) is 1. The average molecular weight is 230 g/mol. The molecule has 1 fully saturated rings. The Balaban J connectivity index is 2.38.